The molecule has 2 saturated heterocycles. The molecule has 0 aliphatic carbocycles. The Kier molecular flexibility index (Phi) is 3.69. The molecule has 0 radical (unpaired) electrons. The van der Waals surface area contributed by atoms with Gasteiger partial charge in [-0.3, -0.25) is 4.79 Å². The Morgan fingerprint density at radius 1 is 1.12 bits per heavy atom. The van der Waals surface area contributed by atoms with Gasteiger partial charge in [0.25, 0.3) is 5.91 Å². The van der Waals surface area contributed by atoms with E-state index in [0.29, 0.717) is 11.8 Å². The summed E-state index contributed by atoms with van der Waals surface area (Å²) in [6.07, 6.45) is 0. The number of amides is 1. The lowest BCUT2D eigenvalue weighted by Gasteiger charge is -2.17. The fraction of sp³-hybridized carbons (Fsp3) is 0.462. The Labute approximate surface area is 108 Å². The molecule has 2 heterocycles. The Morgan fingerprint density at radius 3 is 2.29 bits per heavy atom. The fourth-order valence-electron chi connectivity index (χ4n) is 2.78. The zero-order valence-corrected chi connectivity index (χ0v) is 10.5. The van der Waals surface area contributed by atoms with Gasteiger partial charge in [0.2, 0.25) is 0 Å². The third-order valence-electron chi connectivity index (χ3n) is 3.70. The van der Waals surface area contributed by atoms with E-state index in [1.54, 1.807) is 0 Å². The number of halogens is 1. The van der Waals surface area contributed by atoms with E-state index in [4.69, 9.17) is 0 Å². The SMILES string of the molecule is Cl.O=C(c1ccccc1)N1C[C@H]2CNC[C@H]2C1. The molecule has 0 spiro atoms. The van der Waals surface area contributed by atoms with Crippen LogP contribution in [0.15, 0.2) is 30.3 Å². The van der Waals surface area contributed by atoms with Gasteiger partial charge < -0.3 is 10.2 Å². The van der Waals surface area contributed by atoms with Crippen molar-refractivity contribution in [3.63, 3.8) is 0 Å². The third-order valence-corrected chi connectivity index (χ3v) is 3.70. The van der Waals surface area contributed by atoms with Crippen LogP contribution in [-0.2, 0) is 0 Å². The predicted octanol–water partition coefficient (Wildman–Crippen LogP) is 1.40. The number of rotatable bonds is 1. The minimum Gasteiger partial charge on any atom is -0.338 e. The van der Waals surface area contributed by atoms with Crippen LogP contribution >= 0.6 is 12.4 Å². The van der Waals surface area contributed by atoms with Crippen molar-refractivity contribution in [2.45, 2.75) is 0 Å². The average Bonchev–Trinajstić information content (AvgIpc) is 2.89. The molecule has 0 aromatic heterocycles. The molecule has 3 rings (SSSR count). The van der Waals surface area contributed by atoms with Crippen LogP contribution in [0.4, 0.5) is 0 Å². The summed E-state index contributed by atoms with van der Waals surface area (Å²) in [7, 11) is 0. The zero-order valence-electron chi connectivity index (χ0n) is 9.63. The molecule has 2 aliphatic heterocycles. The van der Waals surface area contributed by atoms with Gasteiger partial charge in [0, 0.05) is 31.7 Å². The standard InChI is InChI=1S/C13H16N2O.ClH/c16-13(10-4-2-1-3-5-10)15-8-11-6-14-7-12(11)9-15;/h1-5,11-12,14H,6-9H2;1H/t11-,12+;. The van der Waals surface area contributed by atoms with E-state index in [9.17, 15) is 4.79 Å². The molecule has 1 N–H and O–H groups in total. The van der Waals surface area contributed by atoms with Crippen molar-refractivity contribution in [1.29, 1.82) is 0 Å². The number of benzene rings is 1. The average molecular weight is 253 g/mol. The lowest BCUT2D eigenvalue weighted by molar-refractivity contribution is 0.0781. The second-order valence-electron chi connectivity index (χ2n) is 4.75. The molecule has 1 aromatic rings. The van der Waals surface area contributed by atoms with Crippen LogP contribution in [0.1, 0.15) is 10.4 Å². The lowest BCUT2D eigenvalue weighted by atomic mass is 10.0. The molecule has 4 heteroatoms. The van der Waals surface area contributed by atoms with Crippen molar-refractivity contribution < 1.29 is 4.79 Å². The van der Waals surface area contributed by atoms with Crippen molar-refractivity contribution in [2.75, 3.05) is 26.2 Å². The van der Waals surface area contributed by atoms with E-state index in [1.807, 2.05) is 35.2 Å². The summed E-state index contributed by atoms with van der Waals surface area (Å²) in [5.41, 5.74) is 0.815. The number of likely N-dealkylation sites (tertiary alicyclic amines) is 1. The summed E-state index contributed by atoms with van der Waals surface area (Å²) in [6.45, 7) is 3.99. The molecule has 92 valence electrons. The first-order chi connectivity index (χ1) is 7.84. The Bertz CT molecular complexity index is 384. The van der Waals surface area contributed by atoms with E-state index in [2.05, 4.69) is 5.32 Å². The van der Waals surface area contributed by atoms with Crippen LogP contribution < -0.4 is 5.32 Å². The van der Waals surface area contributed by atoms with Crippen LogP contribution in [0, 0.1) is 11.8 Å². The maximum Gasteiger partial charge on any atom is 0.253 e. The van der Waals surface area contributed by atoms with Gasteiger partial charge in [-0.05, 0) is 24.0 Å². The van der Waals surface area contributed by atoms with Crippen LogP contribution in [0.5, 0.6) is 0 Å². The molecule has 0 unspecified atom stereocenters. The predicted molar refractivity (Wildman–Crippen MR) is 69.4 cm³/mol. The largest absolute Gasteiger partial charge is 0.338 e. The normalized spacial score (nSPS) is 26.5. The van der Waals surface area contributed by atoms with E-state index >= 15 is 0 Å². The molecule has 17 heavy (non-hydrogen) atoms. The number of hydrogen-bond acceptors (Lipinski definition) is 2. The highest BCUT2D eigenvalue weighted by molar-refractivity contribution is 5.94. The van der Waals surface area contributed by atoms with Crippen LogP contribution in [0.2, 0.25) is 0 Å². The number of hydrogen-bond donors (Lipinski definition) is 1. The van der Waals surface area contributed by atoms with Gasteiger partial charge in [-0.2, -0.15) is 0 Å². The van der Waals surface area contributed by atoms with Crippen LogP contribution in [0.25, 0.3) is 0 Å². The second kappa shape index (κ2) is 5.07. The molecule has 2 aliphatic rings. The molecule has 0 bridgehead atoms. The van der Waals surface area contributed by atoms with Gasteiger partial charge in [0.05, 0.1) is 0 Å². The van der Waals surface area contributed by atoms with Crippen molar-refractivity contribution in [3.05, 3.63) is 35.9 Å². The molecular weight excluding hydrogens is 236 g/mol. The summed E-state index contributed by atoms with van der Waals surface area (Å²) in [6, 6.07) is 9.58. The van der Waals surface area contributed by atoms with Crippen LogP contribution in [0.3, 0.4) is 0 Å². The molecule has 2 fully saturated rings. The van der Waals surface area contributed by atoms with E-state index in [-0.39, 0.29) is 18.3 Å². The van der Waals surface area contributed by atoms with Crippen molar-refractivity contribution in [3.8, 4) is 0 Å². The van der Waals surface area contributed by atoms with Crippen molar-refractivity contribution in [2.24, 2.45) is 11.8 Å². The van der Waals surface area contributed by atoms with Gasteiger partial charge in [0.1, 0.15) is 0 Å². The van der Waals surface area contributed by atoms with Gasteiger partial charge in [-0.25, -0.2) is 0 Å². The van der Waals surface area contributed by atoms with Crippen molar-refractivity contribution >= 4 is 18.3 Å². The monoisotopic (exact) mass is 252 g/mol. The molecule has 2 atom stereocenters. The summed E-state index contributed by atoms with van der Waals surface area (Å²) in [5, 5.41) is 3.39. The van der Waals surface area contributed by atoms with E-state index in [1.165, 1.54) is 0 Å². The first-order valence-corrected chi connectivity index (χ1v) is 5.89. The summed E-state index contributed by atoms with van der Waals surface area (Å²) >= 11 is 0. The Balaban J connectivity index is 0.00000108. The number of carbonyl (C=O) groups excluding carboxylic acids is 1. The quantitative estimate of drug-likeness (QED) is 0.820. The number of carbonyl (C=O) groups is 1. The smallest absolute Gasteiger partial charge is 0.253 e. The molecule has 3 nitrogen and oxygen atoms in total. The molecule has 0 saturated carbocycles. The topological polar surface area (TPSA) is 32.3 Å². The van der Waals surface area contributed by atoms with Gasteiger partial charge in [-0.1, -0.05) is 18.2 Å². The molecular formula is C13H17ClN2O. The second-order valence-corrected chi connectivity index (χ2v) is 4.75. The highest BCUT2D eigenvalue weighted by Crippen LogP contribution is 2.27. The highest BCUT2D eigenvalue weighted by atomic mass is 35.5. The maximum atomic E-state index is 12.2. The summed E-state index contributed by atoms with van der Waals surface area (Å²) in [4.78, 5) is 14.2. The first kappa shape index (κ1) is 12.4. The van der Waals surface area contributed by atoms with Gasteiger partial charge >= 0.3 is 0 Å². The number of fused-ring (bicyclic) bond motifs is 1. The first-order valence-electron chi connectivity index (χ1n) is 5.89. The molecule has 1 aromatic carbocycles. The van der Waals surface area contributed by atoms with Gasteiger partial charge in [-0.15, -0.1) is 12.4 Å². The maximum absolute atomic E-state index is 12.2. The highest BCUT2D eigenvalue weighted by Gasteiger charge is 2.38. The molecule has 1 amide bonds. The third kappa shape index (κ3) is 2.31. The van der Waals surface area contributed by atoms with Crippen molar-refractivity contribution in [1.82, 2.24) is 10.2 Å². The number of nitrogens with one attached hydrogen (secondary N) is 1. The number of nitrogens with zero attached hydrogens (tertiary/aromatic N) is 1. The lowest BCUT2D eigenvalue weighted by Crippen LogP contribution is -2.31. The minimum absolute atomic E-state index is 0. The van der Waals surface area contributed by atoms with Gasteiger partial charge in [0.15, 0.2) is 0 Å². The minimum atomic E-state index is 0. The fourth-order valence-corrected chi connectivity index (χ4v) is 2.78. The Hall–Kier alpha value is -1.06. The zero-order chi connectivity index (χ0) is 11.0. The van der Waals surface area contributed by atoms with Crippen LogP contribution in [-0.4, -0.2) is 37.0 Å². The Morgan fingerprint density at radius 2 is 1.71 bits per heavy atom. The van der Waals surface area contributed by atoms with E-state index in [0.717, 1.165) is 31.7 Å². The summed E-state index contributed by atoms with van der Waals surface area (Å²) < 4.78 is 0. The van der Waals surface area contributed by atoms with E-state index < -0.39 is 0 Å². The summed E-state index contributed by atoms with van der Waals surface area (Å²) in [5.74, 6) is 1.54.